The number of amides is 1. The molecule has 1 amide bonds. The zero-order valence-corrected chi connectivity index (χ0v) is 14.3. The van der Waals surface area contributed by atoms with Crippen molar-refractivity contribution in [2.24, 2.45) is 0 Å². The summed E-state index contributed by atoms with van der Waals surface area (Å²) >= 11 is 6.09. The van der Waals surface area contributed by atoms with E-state index in [9.17, 15) is 9.59 Å². The molecule has 0 aromatic heterocycles. The number of esters is 1. The monoisotopic (exact) mass is 341 g/mol. The van der Waals surface area contributed by atoms with Gasteiger partial charge in [0, 0.05) is 5.54 Å². The molecule has 0 saturated heterocycles. The fraction of sp³-hybridized carbons (Fsp3) is 0.500. The van der Waals surface area contributed by atoms with Gasteiger partial charge in [0.1, 0.15) is 13.2 Å². The van der Waals surface area contributed by atoms with Crippen LogP contribution in [-0.4, -0.2) is 36.7 Å². The van der Waals surface area contributed by atoms with Gasteiger partial charge >= 0.3 is 5.97 Å². The summed E-state index contributed by atoms with van der Waals surface area (Å²) in [5.41, 5.74) is -0.201. The molecule has 0 unspecified atom stereocenters. The van der Waals surface area contributed by atoms with Crippen LogP contribution in [0, 0.1) is 0 Å². The third-order valence-electron chi connectivity index (χ3n) is 2.98. The molecule has 23 heavy (non-hydrogen) atoms. The number of hydrogen-bond acceptors (Lipinski definition) is 5. The van der Waals surface area contributed by atoms with Gasteiger partial charge in [-0.05, 0) is 39.8 Å². The lowest BCUT2D eigenvalue weighted by molar-refractivity contribution is -0.130. The second-order valence-corrected chi connectivity index (χ2v) is 6.68. The van der Waals surface area contributed by atoms with Crippen molar-refractivity contribution in [3.05, 3.63) is 22.7 Å². The largest absolute Gasteiger partial charge is 0.486 e. The van der Waals surface area contributed by atoms with Crippen LogP contribution in [0.3, 0.4) is 0 Å². The van der Waals surface area contributed by atoms with E-state index in [1.165, 1.54) is 19.1 Å². The second kappa shape index (κ2) is 6.66. The van der Waals surface area contributed by atoms with Crippen LogP contribution in [0.2, 0.25) is 5.02 Å². The van der Waals surface area contributed by atoms with E-state index in [1.807, 2.05) is 20.8 Å². The topological polar surface area (TPSA) is 73.9 Å². The summed E-state index contributed by atoms with van der Waals surface area (Å²) in [6.45, 7) is 7.84. The average Bonchev–Trinajstić information content (AvgIpc) is 2.45. The SMILES string of the molecule is C[C@@H](OC(=O)c1cc(Cl)c2c(c1)OCCO2)C(=O)NC(C)(C)C. The minimum atomic E-state index is -0.922. The van der Waals surface area contributed by atoms with Crippen molar-refractivity contribution >= 4 is 23.5 Å². The Morgan fingerprint density at radius 2 is 1.91 bits per heavy atom. The molecule has 1 aliphatic heterocycles. The van der Waals surface area contributed by atoms with Crippen molar-refractivity contribution in [3.63, 3.8) is 0 Å². The molecule has 6 nitrogen and oxygen atoms in total. The van der Waals surface area contributed by atoms with Gasteiger partial charge in [-0.25, -0.2) is 4.79 Å². The van der Waals surface area contributed by atoms with E-state index < -0.39 is 17.6 Å². The Bertz CT molecular complexity index is 624. The number of halogens is 1. The van der Waals surface area contributed by atoms with Gasteiger partial charge < -0.3 is 19.5 Å². The van der Waals surface area contributed by atoms with Crippen molar-refractivity contribution in [2.45, 2.75) is 39.3 Å². The lowest BCUT2D eigenvalue weighted by atomic mass is 10.1. The molecule has 2 rings (SSSR count). The van der Waals surface area contributed by atoms with Crippen LogP contribution in [0.5, 0.6) is 11.5 Å². The highest BCUT2D eigenvalue weighted by atomic mass is 35.5. The number of benzene rings is 1. The molecule has 0 fully saturated rings. The van der Waals surface area contributed by atoms with Crippen molar-refractivity contribution in [2.75, 3.05) is 13.2 Å². The fourth-order valence-electron chi connectivity index (χ4n) is 1.98. The van der Waals surface area contributed by atoms with Crippen LogP contribution < -0.4 is 14.8 Å². The Morgan fingerprint density at radius 3 is 2.57 bits per heavy atom. The molecular weight excluding hydrogens is 322 g/mol. The number of rotatable bonds is 3. The summed E-state index contributed by atoms with van der Waals surface area (Å²) in [7, 11) is 0. The Morgan fingerprint density at radius 1 is 1.26 bits per heavy atom. The van der Waals surface area contributed by atoms with Gasteiger partial charge in [-0.1, -0.05) is 11.6 Å². The Hall–Kier alpha value is -1.95. The van der Waals surface area contributed by atoms with Crippen molar-refractivity contribution in [3.8, 4) is 11.5 Å². The van der Waals surface area contributed by atoms with Crippen molar-refractivity contribution < 1.29 is 23.8 Å². The number of carbonyl (C=O) groups is 2. The van der Waals surface area contributed by atoms with Crippen LogP contribution >= 0.6 is 11.6 Å². The van der Waals surface area contributed by atoms with Crippen LogP contribution in [0.15, 0.2) is 12.1 Å². The van der Waals surface area contributed by atoms with Crippen molar-refractivity contribution in [1.29, 1.82) is 0 Å². The zero-order chi connectivity index (χ0) is 17.2. The maximum atomic E-state index is 12.2. The molecule has 1 aromatic rings. The van der Waals surface area contributed by atoms with E-state index in [4.69, 9.17) is 25.8 Å². The number of fused-ring (bicyclic) bond motifs is 1. The van der Waals surface area contributed by atoms with Gasteiger partial charge in [0.2, 0.25) is 0 Å². The average molecular weight is 342 g/mol. The summed E-state index contributed by atoms with van der Waals surface area (Å²) in [5, 5.41) is 3.01. The summed E-state index contributed by atoms with van der Waals surface area (Å²) in [5.74, 6) is -0.217. The number of hydrogen-bond donors (Lipinski definition) is 1. The third kappa shape index (κ3) is 4.51. The highest BCUT2D eigenvalue weighted by Crippen LogP contribution is 2.38. The van der Waals surface area contributed by atoms with Crippen LogP contribution in [0.1, 0.15) is 38.1 Å². The molecule has 1 atom stereocenters. The molecule has 0 bridgehead atoms. The zero-order valence-electron chi connectivity index (χ0n) is 13.6. The first-order valence-electron chi connectivity index (χ1n) is 7.29. The first kappa shape index (κ1) is 17.4. The Labute approximate surface area is 140 Å². The normalized spacial score (nSPS) is 14.8. The van der Waals surface area contributed by atoms with E-state index >= 15 is 0 Å². The van der Waals surface area contributed by atoms with Gasteiger partial charge in [0.05, 0.1) is 10.6 Å². The Balaban J connectivity index is 2.09. The standard InChI is InChI=1S/C16H20ClNO5/c1-9(14(19)18-16(2,3)4)23-15(20)10-7-11(17)13-12(8-10)21-5-6-22-13/h7-9H,5-6H2,1-4H3,(H,18,19)/t9-/m1/s1. The highest BCUT2D eigenvalue weighted by Gasteiger charge is 2.25. The van der Waals surface area contributed by atoms with Crippen LogP contribution in [0.25, 0.3) is 0 Å². The third-order valence-corrected chi connectivity index (χ3v) is 3.26. The van der Waals surface area contributed by atoms with E-state index in [0.717, 1.165) is 0 Å². The molecule has 7 heteroatoms. The van der Waals surface area contributed by atoms with Gasteiger partial charge in [-0.3, -0.25) is 4.79 Å². The quantitative estimate of drug-likeness (QED) is 0.855. The lowest BCUT2D eigenvalue weighted by Crippen LogP contribution is -2.46. The van der Waals surface area contributed by atoms with Gasteiger partial charge in [-0.15, -0.1) is 0 Å². The maximum absolute atomic E-state index is 12.2. The van der Waals surface area contributed by atoms with E-state index in [-0.39, 0.29) is 16.5 Å². The molecule has 1 aromatic carbocycles. The number of ether oxygens (including phenoxy) is 3. The summed E-state index contributed by atoms with van der Waals surface area (Å²) < 4.78 is 16.0. The fourth-order valence-corrected chi connectivity index (χ4v) is 2.25. The van der Waals surface area contributed by atoms with Gasteiger partial charge in [0.25, 0.3) is 5.91 Å². The van der Waals surface area contributed by atoms with E-state index in [2.05, 4.69) is 5.32 Å². The first-order chi connectivity index (χ1) is 10.7. The first-order valence-corrected chi connectivity index (χ1v) is 7.67. The van der Waals surface area contributed by atoms with Gasteiger partial charge in [0.15, 0.2) is 17.6 Å². The molecule has 0 saturated carbocycles. The Kier molecular flexibility index (Phi) is 5.04. The predicted octanol–water partition coefficient (Wildman–Crippen LogP) is 2.57. The predicted molar refractivity (Wildman–Crippen MR) is 85.2 cm³/mol. The summed E-state index contributed by atoms with van der Waals surface area (Å²) in [6.07, 6.45) is -0.922. The van der Waals surface area contributed by atoms with E-state index in [1.54, 1.807) is 0 Å². The molecule has 0 radical (unpaired) electrons. The molecule has 0 spiro atoms. The molecule has 1 heterocycles. The molecule has 1 N–H and O–H groups in total. The van der Waals surface area contributed by atoms with E-state index in [0.29, 0.717) is 24.7 Å². The summed E-state index contributed by atoms with van der Waals surface area (Å²) in [4.78, 5) is 24.2. The maximum Gasteiger partial charge on any atom is 0.339 e. The molecule has 1 aliphatic rings. The van der Waals surface area contributed by atoms with Crippen LogP contribution in [0.4, 0.5) is 0 Å². The number of carbonyl (C=O) groups excluding carboxylic acids is 2. The number of nitrogens with one attached hydrogen (secondary N) is 1. The molecule has 126 valence electrons. The summed E-state index contributed by atoms with van der Waals surface area (Å²) in [6, 6.07) is 2.93. The van der Waals surface area contributed by atoms with Crippen molar-refractivity contribution in [1.82, 2.24) is 5.32 Å². The second-order valence-electron chi connectivity index (χ2n) is 6.27. The highest BCUT2D eigenvalue weighted by molar-refractivity contribution is 6.32. The molecule has 0 aliphatic carbocycles. The van der Waals surface area contributed by atoms with Gasteiger partial charge in [-0.2, -0.15) is 0 Å². The minimum absolute atomic E-state index is 0.203. The van der Waals surface area contributed by atoms with Crippen LogP contribution in [-0.2, 0) is 9.53 Å². The lowest BCUT2D eigenvalue weighted by Gasteiger charge is -2.23. The minimum Gasteiger partial charge on any atom is -0.486 e. The smallest absolute Gasteiger partial charge is 0.339 e. The molecular formula is C16H20ClNO5.